The molecule has 0 heterocycles. The van der Waals surface area contributed by atoms with E-state index < -0.39 is 5.91 Å². The summed E-state index contributed by atoms with van der Waals surface area (Å²) in [5, 5.41) is 14.4. The molecule has 0 aliphatic carbocycles. The van der Waals surface area contributed by atoms with Gasteiger partial charge in [-0.25, -0.2) is 4.39 Å². The van der Waals surface area contributed by atoms with Gasteiger partial charge in [0.2, 0.25) is 0 Å². The third kappa shape index (κ3) is 5.11. The Labute approximate surface area is 118 Å². The third-order valence-electron chi connectivity index (χ3n) is 2.53. The molecule has 0 saturated carbocycles. The maximum atomic E-state index is 13.4. The van der Waals surface area contributed by atoms with E-state index in [0.29, 0.717) is 18.5 Å². The van der Waals surface area contributed by atoms with Gasteiger partial charge in [0, 0.05) is 18.8 Å². The van der Waals surface area contributed by atoms with Crippen LogP contribution in [0.4, 0.5) is 4.39 Å². The first kappa shape index (κ1) is 15.7. The lowest BCUT2D eigenvalue weighted by atomic mass is 10.1. The average Bonchev–Trinajstić information content (AvgIpc) is 2.39. The summed E-state index contributed by atoms with van der Waals surface area (Å²) in [7, 11) is 0. The van der Waals surface area contributed by atoms with Crippen molar-refractivity contribution in [2.45, 2.75) is 26.3 Å². The predicted molar refractivity (Wildman–Crippen MR) is 75.1 cm³/mol. The van der Waals surface area contributed by atoms with Crippen molar-refractivity contribution in [3.63, 3.8) is 0 Å². The molecule has 0 radical (unpaired) electrons. The second kappa shape index (κ2) is 7.95. The molecule has 1 aromatic carbocycles. The molecule has 0 unspecified atom stereocenters. The van der Waals surface area contributed by atoms with Gasteiger partial charge in [0.25, 0.3) is 5.91 Å². The van der Waals surface area contributed by atoms with Crippen LogP contribution in [-0.4, -0.2) is 18.5 Å². The highest BCUT2D eigenvalue weighted by atomic mass is 19.1. The molecule has 0 atom stereocenters. The Kier molecular flexibility index (Phi) is 6.24. The van der Waals surface area contributed by atoms with E-state index in [1.54, 1.807) is 18.2 Å². The molecule has 0 aromatic heterocycles. The van der Waals surface area contributed by atoms with Gasteiger partial charge in [-0.2, -0.15) is 5.26 Å². The number of halogens is 1. The summed E-state index contributed by atoms with van der Waals surface area (Å²) < 4.78 is 13.4. The van der Waals surface area contributed by atoms with Crippen LogP contribution in [-0.2, 0) is 11.2 Å². The molecule has 2 N–H and O–H groups in total. The van der Waals surface area contributed by atoms with Crippen LogP contribution in [0.15, 0.2) is 36.0 Å². The fraction of sp³-hybridized carbons (Fsp3) is 0.333. The maximum Gasteiger partial charge on any atom is 0.263 e. The Balaban J connectivity index is 2.49. The van der Waals surface area contributed by atoms with E-state index in [2.05, 4.69) is 10.6 Å². The molecule has 0 spiro atoms. The minimum absolute atomic E-state index is 0.00670. The SMILES string of the molecule is CC(C)NC(=O)/C(C#N)=C\NCCc1ccccc1F. The molecule has 0 fully saturated rings. The molecule has 20 heavy (non-hydrogen) atoms. The van der Waals surface area contributed by atoms with Gasteiger partial charge in [0.1, 0.15) is 17.5 Å². The largest absolute Gasteiger partial charge is 0.389 e. The van der Waals surface area contributed by atoms with Gasteiger partial charge in [-0.3, -0.25) is 4.79 Å². The normalized spacial score (nSPS) is 11.1. The highest BCUT2D eigenvalue weighted by Gasteiger charge is 2.09. The van der Waals surface area contributed by atoms with Crippen LogP contribution in [0.5, 0.6) is 0 Å². The molecule has 0 aliphatic heterocycles. The van der Waals surface area contributed by atoms with Crippen molar-refractivity contribution in [2.75, 3.05) is 6.54 Å². The number of nitriles is 1. The summed E-state index contributed by atoms with van der Waals surface area (Å²) in [6.07, 6.45) is 1.84. The van der Waals surface area contributed by atoms with Gasteiger partial charge < -0.3 is 10.6 Å². The lowest BCUT2D eigenvalue weighted by molar-refractivity contribution is -0.117. The number of rotatable bonds is 6. The first-order valence-electron chi connectivity index (χ1n) is 6.42. The van der Waals surface area contributed by atoms with Crippen LogP contribution < -0.4 is 10.6 Å². The van der Waals surface area contributed by atoms with Crippen LogP contribution in [0.3, 0.4) is 0 Å². The topological polar surface area (TPSA) is 64.9 Å². The highest BCUT2D eigenvalue weighted by molar-refractivity contribution is 5.97. The quantitative estimate of drug-likeness (QED) is 0.473. The van der Waals surface area contributed by atoms with Crippen LogP contribution in [0.2, 0.25) is 0 Å². The van der Waals surface area contributed by atoms with Crippen LogP contribution in [0.1, 0.15) is 19.4 Å². The Hall–Kier alpha value is -2.35. The zero-order valence-electron chi connectivity index (χ0n) is 11.6. The number of carbonyl (C=O) groups is 1. The van der Waals surface area contributed by atoms with Crippen molar-refractivity contribution in [3.8, 4) is 6.07 Å². The Morgan fingerprint density at radius 1 is 1.45 bits per heavy atom. The van der Waals surface area contributed by atoms with Crippen molar-refractivity contribution in [3.05, 3.63) is 47.4 Å². The van der Waals surface area contributed by atoms with Crippen LogP contribution >= 0.6 is 0 Å². The molecule has 0 bridgehead atoms. The zero-order chi connectivity index (χ0) is 15.0. The summed E-state index contributed by atoms with van der Waals surface area (Å²) in [6, 6.07) is 8.31. The Bertz CT molecular complexity index is 532. The molecule has 1 amide bonds. The number of hydrogen-bond donors (Lipinski definition) is 2. The van der Waals surface area contributed by atoms with E-state index in [9.17, 15) is 9.18 Å². The molecular weight excluding hydrogens is 257 g/mol. The van der Waals surface area contributed by atoms with Gasteiger partial charge in [-0.05, 0) is 31.9 Å². The smallest absolute Gasteiger partial charge is 0.263 e. The lowest BCUT2D eigenvalue weighted by Gasteiger charge is -2.07. The number of nitrogens with one attached hydrogen (secondary N) is 2. The summed E-state index contributed by atoms with van der Waals surface area (Å²) in [4.78, 5) is 11.6. The molecule has 4 nitrogen and oxygen atoms in total. The van der Waals surface area contributed by atoms with E-state index in [1.165, 1.54) is 12.3 Å². The van der Waals surface area contributed by atoms with Crippen molar-refractivity contribution >= 4 is 5.91 Å². The monoisotopic (exact) mass is 275 g/mol. The fourth-order valence-corrected chi connectivity index (χ4v) is 1.57. The molecule has 0 saturated heterocycles. The maximum absolute atomic E-state index is 13.4. The Morgan fingerprint density at radius 2 is 2.15 bits per heavy atom. The summed E-state index contributed by atoms with van der Waals surface area (Å²) in [6.45, 7) is 4.08. The van der Waals surface area contributed by atoms with Crippen LogP contribution in [0, 0.1) is 17.1 Å². The third-order valence-corrected chi connectivity index (χ3v) is 2.53. The van der Waals surface area contributed by atoms with Crippen molar-refractivity contribution < 1.29 is 9.18 Å². The standard InChI is InChI=1S/C15H18FN3O/c1-11(2)19-15(20)13(9-17)10-18-8-7-12-5-3-4-6-14(12)16/h3-6,10-11,18H,7-8H2,1-2H3,(H,19,20)/b13-10-. The van der Waals surface area contributed by atoms with Crippen LogP contribution in [0.25, 0.3) is 0 Å². The van der Waals surface area contributed by atoms with Gasteiger partial charge in [-0.15, -0.1) is 0 Å². The molecule has 0 aliphatic rings. The lowest BCUT2D eigenvalue weighted by Crippen LogP contribution is -2.31. The second-order valence-electron chi connectivity index (χ2n) is 4.59. The minimum atomic E-state index is -0.416. The number of nitrogens with zero attached hydrogens (tertiary/aromatic N) is 1. The molecule has 5 heteroatoms. The zero-order valence-corrected chi connectivity index (χ0v) is 11.6. The van der Waals surface area contributed by atoms with Gasteiger partial charge >= 0.3 is 0 Å². The first-order valence-corrected chi connectivity index (χ1v) is 6.42. The Morgan fingerprint density at radius 3 is 2.75 bits per heavy atom. The number of hydrogen-bond acceptors (Lipinski definition) is 3. The average molecular weight is 275 g/mol. The van der Waals surface area contributed by atoms with Crippen molar-refractivity contribution in [1.29, 1.82) is 5.26 Å². The minimum Gasteiger partial charge on any atom is -0.389 e. The van der Waals surface area contributed by atoms with E-state index in [0.717, 1.165) is 0 Å². The highest BCUT2D eigenvalue weighted by Crippen LogP contribution is 2.06. The number of carbonyl (C=O) groups excluding carboxylic acids is 1. The van der Waals surface area contributed by atoms with E-state index in [-0.39, 0.29) is 17.4 Å². The second-order valence-corrected chi connectivity index (χ2v) is 4.59. The molecule has 1 aromatic rings. The number of amides is 1. The summed E-state index contributed by atoms with van der Waals surface area (Å²) >= 11 is 0. The number of benzene rings is 1. The predicted octanol–water partition coefficient (Wildman–Crippen LogP) is 1.89. The van der Waals surface area contributed by atoms with Gasteiger partial charge in [-0.1, -0.05) is 18.2 Å². The van der Waals surface area contributed by atoms with Crippen molar-refractivity contribution in [1.82, 2.24) is 10.6 Å². The molecule has 1 rings (SSSR count). The van der Waals surface area contributed by atoms with E-state index >= 15 is 0 Å². The summed E-state index contributed by atoms with van der Waals surface area (Å²) in [5.41, 5.74) is 0.603. The summed E-state index contributed by atoms with van der Waals surface area (Å²) in [5.74, 6) is -0.669. The van der Waals surface area contributed by atoms with Gasteiger partial charge in [0.05, 0.1) is 0 Å². The van der Waals surface area contributed by atoms with E-state index in [4.69, 9.17) is 5.26 Å². The first-order chi connectivity index (χ1) is 9.54. The molecule has 106 valence electrons. The fourth-order valence-electron chi connectivity index (χ4n) is 1.57. The molecular formula is C15H18FN3O. The van der Waals surface area contributed by atoms with Gasteiger partial charge in [0.15, 0.2) is 0 Å². The van der Waals surface area contributed by atoms with Crippen molar-refractivity contribution in [2.24, 2.45) is 0 Å². The van der Waals surface area contributed by atoms with E-state index in [1.807, 2.05) is 19.9 Å².